The summed E-state index contributed by atoms with van der Waals surface area (Å²) in [7, 11) is 1.30. The molecule has 0 aromatic heterocycles. The van der Waals surface area contributed by atoms with E-state index in [0.717, 1.165) is 0 Å². The Morgan fingerprint density at radius 2 is 1.67 bits per heavy atom. The van der Waals surface area contributed by atoms with E-state index in [1.807, 2.05) is 0 Å². The Morgan fingerprint density at radius 3 is 2.29 bits per heavy atom. The van der Waals surface area contributed by atoms with Crippen molar-refractivity contribution in [1.29, 1.82) is 0 Å². The largest absolute Gasteiger partial charge is 0.484 e. The van der Waals surface area contributed by atoms with Gasteiger partial charge in [-0.25, -0.2) is 4.79 Å². The molecule has 0 aliphatic heterocycles. The number of ether oxygens (including phenoxy) is 2. The zero-order valence-electron chi connectivity index (χ0n) is 13.4. The summed E-state index contributed by atoms with van der Waals surface area (Å²) in [4.78, 5) is 34.8. The van der Waals surface area contributed by atoms with Crippen molar-refractivity contribution in [2.75, 3.05) is 19.0 Å². The minimum atomic E-state index is -0.444. The Kier molecular flexibility index (Phi) is 5.68. The van der Waals surface area contributed by atoms with Gasteiger partial charge in [0.1, 0.15) is 5.75 Å². The first-order chi connectivity index (χ1) is 11.5. The van der Waals surface area contributed by atoms with E-state index in [0.29, 0.717) is 22.6 Å². The van der Waals surface area contributed by atoms with E-state index < -0.39 is 5.97 Å². The van der Waals surface area contributed by atoms with E-state index in [9.17, 15) is 14.4 Å². The van der Waals surface area contributed by atoms with Crippen LogP contribution in [0.2, 0.25) is 0 Å². The lowest BCUT2D eigenvalue weighted by Gasteiger charge is -2.10. The van der Waals surface area contributed by atoms with Crippen molar-refractivity contribution in [2.45, 2.75) is 6.92 Å². The molecular weight excluding hydrogens is 310 g/mol. The number of hydrogen-bond acceptors (Lipinski definition) is 5. The van der Waals surface area contributed by atoms with Gasteiger partial charge in [-0.1, -0.05) is 12.1 Å². The summed E-state index contributed by atoms with van der Waals surface area (Å²) < 4.78 is 9.96. The van der Waals surface area contributed by atoms with Crippen LogP contribution in [0.25, 0.3) is 0 Å². The van der Waals surface area contributed by atoms with Gasteiger partial charge in [0.2, 0.25) is 0 Å². The zero-order chi connectivity index (χ0) is 17.5. The number of rotatable bonds is 6. The van der Waals surface area contributed by atoms with E-state index in [-0.39, 0.29) is 18.3 Å². The molecule has 0 radical (unpaired) electrons. The standard InChI is InChI=1S/C18H17NO5/c1-12(20)15-5-3-4-6-16(15)19-17(21)11-24-14-9-7-13(8-10-14)18(22)23-2/h3-10H,11H2,1-2H3,(H,19,21). The summed E-state index contributed by atoms with van der Waals surface area (Å²) >= 11 is 0. The molecule has 0 saturated carbocycles. The number of Topliss-reactive ketones (excluding diaryl/α,β-unsaturated/α-hetero) is 1. The quantitative estimate of drug-likeness (QED) is 0.651. The number of anilines is 1. The molecule has 24 heavy (non-hydrogen) atoms. The van der Waals surface area contributed by atoms with Crippen molar-refractivity contribution in [2.24, 2.45) is 0 Å². The molecule has 6 nitrogen and oxygen atoms in total. The van der Waals surface area contributed by atoms with Crippen LogP contribution >= 0.6 is 0 Å². The first-order valence-corrected chi connectivity index (χ1v) is 7.22. The Labute approximate surface area is 139 Å². The van der Waals surface area contributed by atoms with Crippen molar-refractivity contribution in [3.8, 4) is 5.75 Å². The minimum Gasteiger partial charge on any atom is -0.484 e. The van der Waals surface area contributed by atoms with Crippen LogP contribution in [0.5, 0.6) is 5.75 Å². The average Bonchev–Trinajstić information content (AvgIpc) is 2.60. The summed E-state index contributed by atoms with van der Waals surface area (Å²) in [6, 6.07) is 13.0. The molecule has 1 N–H and O–H groups in total. The van der Waals surface area contributed by atoms with Gasteiger partial charge >= 0.3 is 5.97 Å². The first kappa shape index (κ1) is 17.2. The number of amides is 1. The van der Waals surface area contributed by atoms with Crippen LogP contribution in [0.15, 0.2) is 48.5 Å². The fourth-order valence-corrected chi connectivity index (χ4v) is 2.04. The first-order valence-electron chi connectivity index (χ1n) is 7.22. The minimum absolute atomic E-state index is 0.134. The maximum atomic E-state index is 12.0. The number of para-hydroxylation sites is 1. The molecule has 0 saturated heterocycles. The third-order valence-electron chi connectivity index (χ3n) is 3.23. The molecule has 0 atom stereocenters. The van der Waals surface area contributed by atoms with Crippen molar-refractivity contribution in [1.82, 2.24) is 0 Å². The predicted octanol–water partition coefficient (Wildman–Crippen LogP) is 2.69. The number of carbonyl (C=O) groups excluding carboxylic acids is 3. The van der Waals surface area contributed by atoms with Crippen molar-refractivity contribution in [3.05, 3.63) is 59.7 Å². The fraction of sp³-hybridized carbons (Fsp3) is 0.167. The van der Waals surface area contributed by atoms with Crippen LogP contribution < -0.4 is 10.1 Å². The lowest BCUT2D eigenvalue weighted by atomic mass is 10.1. The van der Waals surface area contributed by atoms with E-state index >= 15 is 0 Å². The molecule has 0 unspecified atom stereocenters. The third-order valence-corrected chi connectivity index (χ3v) is 3.23. The Balaban J connectivity index is 1.94. The normalized spacial score (nSPS) is 9.92. The molecule has 2 aromatic carbocycles. The second-order valence-corrected chi connectivity index (χ2v) is 4.95. The summed E-state index contributed by atoms with van der Waals surface area (Å²) in [6.07, 6.45) is 0. The topological polar surface area (TPSA) is 81.7 Å². The molecule has 0 spiro atoms. The monoisotopic (exact) mass is 327 g/mol. The summed E-state index contributed by atoms with van der Waals surface area (Å²) in [5, 5.41) is 2.64. The van der Waals surface area contributed by atoms with Gasteiger partial charge in [-0.15, -0.1) is 0 Å². The fourth-order valence-electron chi connectivity index (χ4n) is 2.04. The van der Waals surface area contributed by atoms with Crippen LogP contribution in [-0.2, 0) is 9.53 Å². The number of benzene rings is 2. The van der Waals surface area contributed by atoms with Crippen LogP contribution in [0.3, 0.4) is 0 Å². The molecule has 0 fully saturated rings. The number of carbonyl (C=O) groups is 3. The van der Waals surface area contributed by atoms with Gasteiger partial charge < -0.3 is 14.8 Å². The van der Waals surface area contributed by atoms with Gasteiger partial charge in [0.25, 0.3) is 5.91 Å². The van der Waals surface area contributed by atoms with Crippen molar-refractivity contribution < 1.29 is 23.9 Å². The van der Waals surface area contributed by atoms with E-state index in [4.69, 9.17) is 4.74 Å². The van der Waals surface area contributed by atoms with Crippen LogP contribution in [0.1, 0.15) is 27.6 Å². The lowest BCUT2D eigenvalue weighted by Crippen LogP contribution is -2.21. The van der Waals surface area contributed by atoms with Gasteiger partial charge in [0, 0.05) is 5.56 Å². The maximum Gasteiger partial charge on any atom is 0.337 e. The molecular formula is C18H17NO5. The molecule has 0 aliphatic carbocycles. The number of nitrogens with one attached hydrogen (secondary N) is 1. The molecule has 2 aromatic rings. The highest BCUT2D eigenvalue weighted by Gasteiger charge is 2.10. The van der Waals surface area contributed by atoms with Gasteiger partial charge in [0.05, 0.1) is 18.4 Å². The molecule has 124 valence electrons. The number of methoxy groups -OCH3 is 1. The van der Waals surface area contributed by atoms with Crippen molar-refractivity contribution in [3.63, 3.8) is 0 Å². The van der Waals surface area contributed by atoms with E-state index in [2.05, 4.69) is 10.1 Å². The Hall–Kier alpha value is -3.15. The summed E-state index contributed by atoms with van der Waals surface area (Å²) in [5.74, 6) is -0.524. The summed E-state index contributed by atoms with van der Waals surface area (Å²) in [5.41, 5.74) is 1.28. The number of ketones is 1. The highest BCUT2D eigenvalue weighted by molar-refractivity contribution is 6.03. The third kappa shape index (κ3) is 4.42. The van der Waals surface area contributed by atoms with Crippen molar-refractivity contribution >= 4 is 23.3 Å². The molecule has 1 amide bonds. The van der Waals surface area contributed by atoms with Crippen LogP contribution in [-0.4, -0.2) is 31.4 Å². The molecule has 2 rings (SSSR count). The van der Waals surface area contributed by atoms with Crippen LogP contribution in [0, 0.1) is 0 Å². The smallest absolute Gasteiger partial charge is 0.337 e. The molecule has 0 aliphatic rings. The second kappa shape index (κ2) is 7.92. The lowest BCUT2D eigenvalue weighted by molar-refractivity contribution is -0.118. The van der Waals surface area contributed by atoms with Gasteiger partial charge in [-0.3, -0.25) is 9.59 Å². The number of esters is 1. The van der Waals surface area contributed by atoms with Gasteiger partial charge in [-0.05, 0) is 43.3 Å². The maximum absolute atomic E-state index is 12.0. The Bertz CT molecular complexity index is 752. The SMILES string of the molecule is COC(=O)c1ccc(OCC(=O)Nc2ccccc2C(C)=O)cc1. The molecule has 6 heteroatoms. The zero-order valence-corrected chi connectivity index (χ0v) is 13.4. The number of hydrogen-bond donors (Lipinski definition) is 1. The average molecular weight is 327 g/mol. The van der Waals surface area contributed by atoms with Gasteiger partial charge in [-0.2, -0.15) is 0 Å². The van der Waals surface area contributed by atoms with Gasteiger partial charge in [0.15, 0.2) is 12.4 Å². The second-order valence-electron chi connectivity index (χ2n) is 4.95. The predicted molar refractivity (Wildman–Crippen MR) is 88.4 cm³/mol. The molecule has 0 heterocycles. The highest BCUT2D eigenvalue weighted by Crippen LogP contribution is 2.16. The summed E-state index contributed by atoms with van der Waals surface area (Å²) in [6.45, 7) is 1.22. The highest BCUT2D eigenvalue weighted by atomic mass is 16.5. The van der Waals surface area contributed by atoms with Crippen LogP contribution in [0.4, 0.5) is 5.69 Å². The van der Waals surface area contributed by atoms with E-state index in [1.165, 1.54) is 14.0 Å². The van der Waals surface area contributed by atoms with E-state index in [1.54, 1.807) is 48.5 Å². The Morgan fingerprint density at radius 1 is 1.00 bits per heavy atom. The molecule has 0 bridgehead atoms.